The summed E-state index contributed by atoms with van der Waals surface area (Å²) in [6, 6.07) is 7.44. The molecule has 0 atom stereocenters. The van der Waals surface area contributed by atoms with Gasteiger partial charge in [0, 0.05) is 25.3 Å². The van der Waals surface area contributed by atoms with Gasteiger partial charge in [0.15, 0.2) is 5.82 Å². The number of carbonyl (C=O) groups excluding carboxylic acids is 1. The second kappa shape index (κ2) is 7.25. The first-order valence-electron chi connectivity index (χ1n) is 6.37. The lowest BCUT2D eigenvalue weighted by molar-refractivity contribution is 0.237. The Labute approximate surface area is 116 Å². The number of nitrogens with zero attached hydrogens (tertiary/aromatic N) is 2. The number of aliphatic hydroxyl groups excluding tert-OH is 1. The zero-order chi connectivity index (χ0) is 14.2. The number of H-pyrrole nitrogens is 1. The van der Waals surface area contributed by atoms with Crippen molar-refractivity contribution in [1.29, 1.82) is 0 Å². The van der Waals surface area contributed by atoms with E-state index in [0.717, 1.165) is 11.1 Å². The Hall–Kier alpha value is -2.41. The molecule has 20 heavy (non-hydrogen) atoms. The van der Waals surface area contributed by atoms with Crippen molar-refractivity contribution in [2.75, 3.05) is 13.2 Å². The topological polar surface area (TPSA) is 103 Å². The molecule has 0 unspecified atom stereocenters. The fourth-order valence-electron chi connectivity index (χ4n) is 1.70. The van der Waals surface area contributed by atoms with Crippen LogP contribution in [0.3, 0.4) is 0 Å². The molecular formula is C13H17N5O2. The van der Waals surface area contributed by atoms with Gasteiger partial charge in [-0.2, -0.15) is 5.10 Å². The van der Waals surface area contributed by atoms with Crippen LogP contribution in [0.5, 0.6) is 0 Å². The average molecular weight is 275 g/mol. The monoisotopic (exact) mass is 275 g/mol. The van der Waals surface area contributed by atoms with E-state index < -0.39 is 0 Å². The highest BCUT2D eigenvalue weighted by Gasteiger charge is 2.03. The minimum atomic E-state index is -0.247. The zero-order valence-corrected chi connectivity index (χ0v) is 11.0. The van der Waals surface area contributed by atoms with Gasteiger partial charge in [0.05, 0.1) is 0 Å². The average Bonchev–Trinajstić information content (AvgIpc) is 3.00. The van der Waals surface area contributed by atoms with Gasteiger partial charge >= 0.3 is 6.03 Å². The number of carbonyl (C=O) groups is 1. The molecule has 0 bridgehead atoms. The van der Waals surface area contributed by atoms with Crippen molar-refractivity contribution >= 4 is 6.03 Å². The fraction of sp³-hybridized carbons (Fsp3) is 0.308. The lowest BCUT2D eigenvalue weighted by atomic mass is 10.1. The van der Waals surface area contributed by atoms with Crippen LogP contribution >= 0.6 is 0 Å². The largest absolute Gasteiger partial charge is 0.396 e. The molecule has 2 rings (SSSR count). The number of benzene rings is 1. The molecule has 2 aromatic rings. The van der Waals surface area contributed by atoms with E-state index in [-0.39, 0.29) is 12.6 Å². The summed E-state index contributed by atoms with van der Waals surface area (Å²) in [7, 11) is 0. The third-order valence-corrected chi connectivity index (χ3v) is 2.69. The number of nitrogens with one attached hydrogen (secondary N) is 3. The number of rotatable bonds is 6. The summed E-state index contributed by atoms with van der Waals surface area (Å²) in [5.74, 6) is 0.694. The molecule has 1 aromatic carbocycles. The summed E-state index contributed by atoms with van der Waals surface area (Å²) in [6.45, 7) is 0.951. The second-order valence-corrected chi connectivity index (χ2v) is 4.22. The molecule has 0 saturated heterocycles. The van der Waals surface area contributed by atoms with Crippen molar-refractivity contribution in [2.24, 2.45) is 0 Å². The first-order valence-corrected chi connectivity index (χ1v) is 6.37. The summed E-state index contributed by atoms with van der Waals surface area (Å²) < 4.78 is 0. The van der Waals surface area contributed by atoms with Gasteiger partial charge in [-0.25, -0.2) is 9.78 Å². The number of amides is 2. The lowest BCUT2D eigenvalue weighted by Crippen LogP contribution is -2.35. The third kappa shape index (κ3) is 4.06. The van der Waals surface area contributed by atoms with Crippen molar-refractivity contribution in [1.82, 2.24) is 25.8 Å². The van der Waals surface area contributed by atoms with Gasteiger partial charge in [0.2, 0.25) is 0 Å². The Morgan fingerprint density at radius 1 is 1.35 bits per heavy atom. The highest BCUT2D eigenvalue weighted by molar-refractivity contribution is 5.73. The van der Waals surface area contributed by atoms with E-state index in [4.69, 9.17) is 5.11 Å². The highest BCUT2D eigenvalue weighted by Crippen LogP contribution is 2.15. The Balaban J connectivity index is 1.87. The van der Waals surface area contributed by atoms with E-state index in [1.165, 1.54) is 6.33 Å². The maximum Gasteiger partial charge on any atom is 0.315 e. The first kappa shape index (κ1) is 14.0. The molecule has 1 heterocycles. The number of aromatic nitrogens is 3. The van der Waals surface area contributed by atoms with Crippen LogP contribution in [0.4, 0.5) is 4.79 Å². The van der Waals surface area contributed by atoms with E-state index in [2.05, 4.69) is 25.8 Å². The third-order valence-electron chi connectivity index (χ3n) is 2.69. The summed E-state index contributed by atoms with van der Waals surface area (Å²) in [5, 5.41) is 20.6. The second-order valence-electron chi connectivity index (χ2n) is 4.22. The minimum absolute atomic E-state index is 0.0690. The van der Waals surface area contributed by atoms with Crippen LogP contribution in [0.1, 0.15) is 12.0 Å². The molecule has 0 radical (unpaired) electrons. The van der Waals surface area contributed by atoms with E-state index in [1.807, 2.05) is 24.3 Å². The maximum absolute atomic E-state index is 11.5. The molecule has 0 aliphatic carbocycles. The van der Waals surface area contributed by atoms with Gasteiger partial charge in [-0.3, -0.25) is 5.10 Å². The van der Waals surface area contributed by atoms with Crippen LogP contribution in [0, 0.1) is 0 Å². The predicted octanol–water partition coefficient (Wildman–Crippen LogP) is 0.653. The SMILES string of the molecule is O=C(NCCCO)NCc1cccc(-c2ncn[nH]2)c1. The molecule has 0 spiro atoms. The quantitative estimate of drug-likeness (QED) is 0.581. The predicted molar refractivity (Wildman–Crippen MR) is 73.8 cm³/mol. The van der Waals surface area contributed by atoms with Gasteiger partial charge < -0.3 is 15.7 Å². The standard InChI is InChI=1S/C13H17N5O2/c19-6-2-5-14-13(20)15-8-10-3-1-4-11(7-10)12-16-9-17-18-12/h1,3-4,7,9,19H,2,5-6,8H2,(H2,14,15,20)(H,16,17,18). The Morgan fingerprint density at radius 2 is 2.25 bits per heavy atom. The summed E-state index contributed by atoms with van der Waals surface area (Å²) >= 11 is 0. The van der Waals surface area contributed by atoms with E-state index in [9.17, 15) is 4.79 Å². The number of aromatic amines is 1. The minimum Gasteiger partial charge on any atom is -0.396 e. The van der Waals surface area contributed by atoms with E-state index in [0.29, 0.717) is 25.3 Å². The number of hydrogen-bond donors (Lipinski definition) is 4. The van der Waals surface area contributed by atoms with E-state index in [1.54, 1.807) is 0 Å². The molecule has 0 saturated carbocycles. The van der Waals surface area contributed by atoms with Crippen LogP contribution in [-0.4, -0.2) is 39.5 Å². The summed E-state index contributed by atoms with van der Waals surface area (Å²) in [6.07, 6.45) is 2.00. The Kier molecular flexibility index (Phi) is 5.08. The van der Waals surface area contributed by atoms with Crippen LogP contribution in [0.2, 0.25) is 0 Å². The number of hydrogen-bond acceptors (Lipinski definition) is 4. The Morgan fingerprint density at radius 3 is 3.00 bits per heavy atom. The van der Waals surface area contributed by atoms with Crippen LogP contribution in [0.25, 0.3) is 11.4 Å². The molecule has 2 amide bonds. The van der Waals surface area contributed by atoms with Crippen molar-refractivity contribution in [3.05, 3.63) is 36.2 Å². The van der Waals surface area contributed by atoms with Crippen LogP contribution < -0.4 is 10.6 Å². The van der Waals surface area contributed by atoms with Crippen LogP contribution in [0.15, 0.2) is 30.6 Å². The number of aliphatic hydroxyl groups is 1. The molecule has 0 fully saturated rings. The normalized spacial score (nSPS) is 10.2. The van der Waals surface area contributed by atoms with Crippen LogP contribution in [-0.2, 0) is 6.54 Å². The van der Waals surface area contributed by atoms with Crippen molar-refractivity contribution in [2.45, 2.75) is 13.0 Å². The maximum atomic E-state index is 11.5. The highest BCUT2D eigenvalue weighted by atomic mass is 16.3. The molecule has 0 aliphatic rings. The molecular weight excluding hydrogens is 258 g/mol. The zero-order valence-electron chi connectivity index (χ0n) is 11.0. The summed E-state index contributed by atoms with van der Waals surface area (Å²) in [5.41, 5.74) is 1.89. The smallest absolute Gasteiger partial charge is 0.315 e. The summed E-state index contributed by atoms with van der Waals surface area (Å²) in [4.78, 5) is 15.6. The lowest BCUT2D eigenvalue weighted by Gasteiger charge is -2.07. The van der Waals surface area contributed by atoms with Gasteiger partial charge in [-0.1, -0.05) is 18.2 Å². The molecule has 7 heteroatoms. The van der Waals surface area contributed by atoms with Crippen molar-refractivity contribution < 1.29 is 9.90 Å². The van der Waals surface area contributed by atoms with Gasteiger partial charge in [-0.05, 0) is 18.1 Å². The molecule has 4 N–H and O–H groups in total. The molecule has 1 aromatic heterocycles. The fourth-order valence-corrected chi connectivity index (χ4v) is 1.70. The van der Waals surface area contributed by atoms with Crippen molar-refractivity contribution in [3.8, 4) is 11.4 Å². The Bertz CT molecular complexity index is 541. The van der Waals surface area contributed by atoms with E-state index >= 15 is 0 Å². The molecule has 0 aliphatic heterocycles. The molecule has 106 valence electrons. The first-order chi connectivity index (χ1) is 9.79. The van der Waals surface area contributed by atoms with Crippen molar-refractivity contribution in [3.63, 3.8) is 0 Å². The van der Waals surface area contributed by atoms with Gasteiger partial charge in [0.25, 0.3) is 0 Å². The van der Waals surface area contributed by atoms with Gasteiger partial charge in [-0.15, -0.1) is 0 Å². The van der Waals surface area contributed by atoms with Gasteiger partial charge in [0.1, 0.15) is 6.33 Å². The number of urea groups is 1. The molecule has 7 nitrogen and oxygen atoms in total.